The molecule has 0 heterocycles. The van der Waals surface area contributed by atoms with Gasteiger partial charge in [0.2, 0.25) is 0 Å². The average Bonchev–Trinajstić information content (AvgIpc) is 2.30. The first-order valence-electron chi connectivity index (χ1n) is 5.73. The van der Waals surface area contributed by atoms with Crippen molar-refractivity contribution in [2.24, 2.45) is 0 Å². The van der Waals surface area contributed by atoms with Gasteiger partial charge in [0.25, 0.3) is 0 Å². The molecule has 1 saturated carbocycles. The molecule has 2 atom stereocenters. The number of benzene rings is 1. The average molecular weight is 260 g/mol. The Hall–Kier alpha value is -0.780. The molecule has 3 nitrogen and oxygen atoms in total. The smallest absolute Gasteiger partial charge is 0.112 e. The van der Waals surface area contributed by atoms with E-state index in [0.717, 1.165) is 0 Å². The fraction of sp³-hybridized carbons (Fsp3) is 0.500. The predicted molar refractivity (Wildman–Crippen MR) is 65.3 cm³/mol. The van der Waals surface area contributed by atoms with Crippen molar-refractivity contribution in [3.05, 3.63) is 30.3 Å². The number of hydrogen-bond donors (Lipinski definition) is 2. The summed E-state index contributed by atoms with van der Waals surface area (Å²) >= 11 is 0. The molecule has 2 N–H and O–H groups in total. The van der Waals surface area contributed by atoms with Crippen molar-refractivity contribution in [1.82, 2.24) is 0 Å². The van der Waals surface area contributed by atoms with Crippen molar-refractivity contribution in [3.8, 4) is 0 Å². The molecule has 2 unspecified atom stereocenters. The second-order valence-electron chi connectivity index (χ2n) is 4.62. The van der Waals surface area contributed by atoms with Gasteiger partial charge in [0.15, 0.2) is 0 Å². The Morgan fingerprint density at radius 3 is 2.41 bits per heavy atom. The summed E-state index contributed by atoms with van der Waals surface area (Å²) in [7, 11) is -4.92. The van der Waals surface area contributed by atoms with Gasteiger partial charge in [-0.25, -0.2) is 8.60 Å². The second-order valence-corrected chi connectivity index (χ2v) is 7.60. The van der Waals surface area contributed by atoms with Gasteiger partial charge in [0.1, 0.15) is 15.8 Å². The van der Waals surface area contributed by atoms with Crippen LogP contribution < -0.4 is 0 Å². The van der Waals surface area contributed by atoms with Crippen LogP contribution in [0, 0.1) is 0 Å². The third-order valence-electron chi connectivity index (χ3n) is 3.35. The molecule has 0 radical (unpaired) electrons. The zero-order valence-corrected chi connectivity index (χ0v) is 10.3. The van der Waals surface area contributed by atoms with Crippen molar-refractivity contribution in [3.63, 3.8) is 0 Å². The fourth-order valence-corrected chi connectivity index (χ4v) is 4.54. The minimum Gasteiger partial charge on any atom is -0.304 e. The van der Waals surface area contributed by atoms with Crippen LogP contribution in [0.1, 0.15) is 25.7 Å². The summed E-state index contributed by atoms with van der Waals surface area (Å²) in [5, 5.41) is -0.904. The van der Waals surface area contributed by atoms with Gasteiger partial charge in [0.05, 0.1) is 10.1 Å². The van der Waals surface area contributed by atoms with Gasteiger partial charge in [-0.15, -0.1) is 0 Å². The van der Waals surface area contributed by atoms with Gasteiger partial charge >= 0.3 is 0 Å². The molecule has 2 rings (SSSR count). The molecule has 1 aromatic carbocycles. The maximum atomic E-state index is 13.3. The van der Waals surface area contributed by atoms with E-state index in [1.165, 1.54) is 12.1 Å². The van der Waals surface area contributed by atoms with Crippen LogP contribution in [0.25, 0.3) is 0 Å². The van der Waals surface area contributed by atoms with E-state index in [9.17, 15) is 17.7 Å². The Labute approximate surface area is 100 Å². The van der Waals surface area contributed by atoms with Crippen molar-refractivity contribution >= 4 is 9.63 Å². The van der Waals surface area contributed by atoms with Gasteiger partial charge in [-0.1, -0.05) is 18.2 Å². The third-order valence-corrected chi connectivity index (χ3v) is 6.14. The second kappa shape index (κ2) is 4.15. The molecule has 5 heteroatoms. The quantitative estimate of drug-likeness (QED) is 0.859. The number of rotatable bonds is 2. The highest BCUT2D eigenvalue weighted by Crippen LogP contribution is 2.41. The predicted octanol–water partition coefficient (Wildman–Crippen LogP) is 3.09. The maximum Gasteiger partial charge on any atom is 0.112 e. The highest BCUT2D eigenvalue weighted by Gasteiger charge is 2.44. The molecular formula is C12H17FO3S. The fourth-order valence-electron chi connectivity index (χ4n) is 2.34. The summed E-state index contributed by atoms with van der Waals surface area (Å²) < 4.78 is 46.0. The van der Waals surface area contributed by atoms with Crippen LogP contribution >= 0.6 is 0 Å². The Balaban J connectivity index is 2.36. The monoisotopic (exact) mass is 260 g/mol. The Kier molecular flexibility index (Phi) is 3.10. The van der Waals surface area contributed by atoms with E-state index in [0.29, 0.717) is 19.3 Å². The molecule has 1 aliphatic carbocycles. The molecule has 0 saturated heterocycles. The topological polar surface area (TPSA) is 57.5 Å². The molecule has 96 valence electrons. The number of alkyl halides is 1. The zero-order valence-electron chi connectivity index (χ0n) is 9.46. The summed E-state index contributed by atoms with van der Waals surface area (Å²) in [4.78, 5) is -0.0106. The van der Waals surface area contributed by atoms with Gasteiger partial charge in [-0.05, 0) is 37.8 Å². The lowest BCUT2D eigenvalue weighted by Crippen LogP contribution is -2.46. The molecule has 0 aromatic heterocycles. The minimum atomic E-state index is -4.92. The zero-order chi connectivity index (χ0) is 12.5. The van der Waals surface area contributed by atoms with E-state index >= 15 is 0 Å². The first-order chi connectivity index (χ1) is 7.88. The van der Waals surface area contributed by atoms with Crippen LogP contribution in [0.2, 0.25) is 0 Å². The van der Waals surface area contributed by atoms with Crippen LogP contribution in [0.5, 0.6) is 0 Å². The molecule has 1 aromatic rings. The van der Waals surface area contributed by atoms with Gasteiger partial charge in [-0.2, -0.15) is 0 Å². The minimum absolute atomic E-state index is 0.0106. The largest absolute Gasteiger partial charge is 0.304 e. The lowest BCUT2D eigenvalue weighted by molar-refractivity contribution is 0.237. The Bertz CT molecular complexity index is 454. The summed E-state index contributed by atoms with van der Waals surface area (Å²) in [5.41, 5.74) is 0. The normalized spacial score (nSPS) is 28.3. The molecule has 0 amide bonds. The highest BCUT2D eigenvalue weighted by atomic mass is 32.3. The van der Waals surface area contributed by atoms with Crippen LogP contribution in [-0.4, -0.2) is 24.7 Å². The Morgan fingerprint density at radius 1 is 1.18 bits per heavy atom. The van der Waals surface area contributed by atoms with Crippen LogP contribution in [0.3, 0.4) is 0 Å². The van der Waals surface area contributed by atoms with E-state index in [4.69, 9.17) is 0 Å². The third kappa shape index (κ3) is 2.41. The van der Waals surface area contributed by atoms with Crippen LogP contribution in [0.15, 0.2) is 35.2 Å². The SMILES string of the molecule is O=S(O)(O)(c1ccccc1)C1CCCC(F)C1. The van der Waals surface area contributed by atoms with E-state index in [1.54, 1.807) is 18.2 Å². The first kappa shape index (κ1) is 12.7. The summed E-state index contributed by atoms with van der Waals surface area (Å²) in [6, 6.07) is 7.70. The van der Waals surface area contributed by atoms with Crippen molar-refractivity contribution < 1.29 is 17.7 Å². The molecule has 0 spiro atoms. The highest BCUT2D eigenvalue weighted by molar-refractivity contribution is 8.10. The van der Waals surface area contributed by atoms with Crippen LogP contribution in [0.4, 0.5) is 4.39 Å². The van der Waals surface area contributed by atoms with Gasteiger partial charge in [-0.3, -0.25) is 0 Å². The lowest BCUT2D eigenvalue weighted by Gasteiger charge is -2.41. The molecular weight excluding hydrogens is 243 g/mol. The maximum absolute atomic E-state index is 13.3. The first-order valence-corrected chi connectivity index (χ1v) is 7.68. The molecule has 0 bridgehead atoms. The molecule has 1 aliphatic rings. The van der Waals surface area contributed by atoms with Gasteiger partial charge in [0, 0.05) is 0 Å². The number of hydrogen-bond acceptors (Lipinski definition) is 1. The summed E-state index contributed by atoms with van der Waals surface area (Å²) in [6.45, 7) is 0. The van der Waals surface area contributed by atoms with Crippen molar-refractivity contribution in [1.29, 1.82) is 0 Å². The van der Waals surface area contributed by atoms with Gasteiger partial charge < -0.3 is 9.11 Å². The van der Waals surface area contributed by atoms with E-state index in [-0.39, 0.29) is 11.3 Å². The lowest BCUT2D eigenvalue weighted by atomic mass is 9.98. The molecule has 1 fully saturated rings. The van der Waals surface area contributed by atoms with E-state index < -0.39 is 21.0 Å². The molecule has 0 aliphatic heterocycles. The number of halogens is 1. The summed E-state index contributed by atoms with van der Waals surface area (Å²) in [6.07, 6.45) is 0.185. The Morgan fingerprint density at radius 2 is 1.82 bits per heavy atom. The van der Waals surface area contributed by atoms with E-state index in [1.807, 2.05) is 0 Å². The van der Waals surface area contributed by atoms with E-state index in [2.05, 4.69) is 0 Å². The molecule has 17 heavy (non-hydrogen) atoms. The van der Waals surface area contributed by atoms with Crippen molar-refractivity contribution in [2.75, 3.05) is 0 Å². The summed E-state index contributed by atoms with van der Waals surface area (Å²) in [5.74, 6) is 0. The standard InChI is InChI=1S/C12H17FO3S/c13-10-5-4-8-12(9-10)17(14,15,16)11-6-2-1-3-7-11/h1-3,6-7,10,12H,4-5,8-9H2,(H2,14,15,16). The van der Waals surface area contributed by atoms with Crippen molar-refractivity contribution in [2.45, 2.75) is 42.0 Å². The van der Waals surface area contributed by atoms with Crippen LogP contribution in [-0.2, 0) is 9.63 Å².